The molecule has 0 radical (unpaired) electrons. The van der Waals surface area contributed by atoms with E-state index in [1.54, 1.807) is 0 Å². The summed E-state index contributed by atoms with van der Waals surface area (Å²) in [5, 5.41) is 3.48. The second-order valence-corrected chi connectivity index (χ2v) is 5.60. The molecule has 0 saturated carbocycles. The number of piperidine rings is 1. The molecule has 2 aromatic heterocycles. The van der Waals surface area contributed by atoms with Crippen molar-refractivity contribution < 1.29 is 0 Å². The van der Waals surface area contributed by atoms with Crippen LogP contribution in [0.5, 0.6) is 0 Å². The van der Waals surface area contributed by atoms with E-state index in [1.807, 2.05) is 30.7 Å². The lowest BCUT2D eigenvalue weighted by atomic mass is 10.1. The minimum atomic E-state index is 0.246. The van der Waals surface area contributed by atoms with Crippen molar-refractivity contribution in [2.24, 2.45) is 0 Å². The van der Waals surface area contributed by atoms with E-state index in [2.05, 4.69) is 39.2 Å². The largest absolute Gasteiger partial charge is 0.377 e. The molecule has 1 N–H and O–H groups in total. The van der Waals surface area contributed by atoms with Gasteiger partial charge in [-0.25, -0.2) is 4.98 Å². The Balaban J connectivity index is 1.64. The highest BCUT2D eigenvalue weighted by atomic mass is 15.2. The fourth-order valence-electron chi connectivity index (χ4n) is 2.77. The van der Waals surface area contributed by atoms with Gasteiger partial charge in [-0.3, -0.25) is 4.98 Å². The minimum absolute atomic E-state index is 0.246. The minimum Gasteiger partial charge on any atom is -0.377 e. The van der Waals surface area contributed by atoms with E-state index < -0.39 is 0 Å². The molecule has 3 rings (SSSR count). The Morgan fingerprint density at radius 1 is 1.05 bits per heavy atom. The van der Waals surface area contributed by atoms with E-state index in [-0.39, 0.29) is 6.04 Å². The smallest absolute Gasteiger partial charge is 0.128 e. The van der Waals surface area contributed by atoms with E-state index in [1.165, 1.54) is 24.8 Å². The van der Waals surface area contributed by atoms with Crippen molar-refractivity contribution in [2.75, 3.05) is 23.3 Å². The third-order valence-corrected chi connectivity index (χ3v) is 4.02. The summed E-state index contributed by atoms with van der Waals surface area (Å²) in [7, 11) is 0. The standard InChI is InChI=1S/C17H22N4/c1-14(15-7-9-18-10-8-15)20-16-5-6-17(19-13-16)21-11-3-2-4-12-21/h5-10,13-14,20H,2-4,11-12H2,1H3. The summed E-state index contributed by atoms with van der Waals surface area (Å²) in [6.45, 7) is 4.41. The molecule has 110 valence electrons. The number of hydrogen-bond acceptors (Lipinski definition) is 4. The fourth-order valence-corrected chi connectivity index (χ4v) is 2.77. The zero-order chi connectivity index (χ0) is 14.5. The van der Waals surface area contributed by atoms with Crippen LogP contribution in [0.2, 0.25) is 0 Å². The Morgan fingerprint density at radius 2 is 1.81 bits per heavy atom. The van der Waals surface area contributed by atoms with Crippen LogP contribution >= 0.6 is 0 Å². The van der Waals surface area contributed by atoms with Crippen molar-refractivity contribution >= 4 is 11.5 Å². The second kappa shape index (κ2) is 6.57. The molecule has 0 aliphatic carbocycles. The maximum Gasteiger partial charge on any atom is 0.128 e. The van der Waals surface area contributed by atoms with Crippen LogP contribution in [-0.4, -0.2) is 23.1 Å². The molecular formula is C17H22N4. The van der Waals surface area contributed by atoms with Crippen LogP contribution < -0.4 is 10.2 Å². The molecule has 0 aromatic carbocycles. The Bertz CT molecular complexity index is 547. The number of nitrogens with zero attached hydrogens (tertiary/aromatic N) is 3. The zero-order valence-electron chi connectivity index (χ0n) is 12.5. The second-order valence-electron chi connectivity index (χ2n) is 5.60. The van der Waals surface area contributed by atoms with Crippen LogP contribution in [0, 0.1) is 0 Å². The van der Waals surface area contributed by atoms with Gasteiger partial charge in [0.15, 0.2) is 0 Å². The lowest BCUT2D eigenvalue weighted by Gasteiger charge is -2.27. The number of hydrogen-bond donors (Lipinski definition) is 1. The summed E-state index contributed by atoms with van der Waals surface area (Å²) < 4.78 is 0. The molecule has 21 heavy (non-hydrogen) atoms. The Hall–Kier alpha value is -2.10. The molecule has 0 spiro atoms. The summed E-state index contributed by atoms with van der Waals surface area (Å²) in [6, 6.07) is 8.55. The van der Waals surface area contributed by atoms with Gasteiger partial charge in [-0.05, 0) is 56.0 Å². The van der Waals surface area contributed by atoms with Crippen molar-refractivity contribution in [3.05, 3.63) is 48.4 Å². The number of anilines is 2. The predicted molar refractivity (Wildman–Crippen MR) is 86.6 cm³/mol. The first kappa shape index (κ1) is 13.9. The van der Waals surface area contributed by atoms with Gasteiger partial charge in [0.2, 0.25) is 0 Å². The lowest BCUT2D eigenvalue weighted by molar-refractivity contribution is 0.573. The predicted octanol–water partition coefficient (Wildman–Crippen LogP) is 3.64. The average Bonchev–Trinajstić information content (AvgIpc) is 2.57. The van der Waals surface area contributed by atoms with Crippen LogP contribution in [-0.2, 0) is 0 Å². The maximum absolute atomic E-state index is 4.60. The van der Waals surface area contributed by atoms with E-state index in [4.69, 9.17) is 0 Å². The lowest BCUT2D eigenvalue weighted by Crippen LogP contribution is -2.30. The van der Waals surface area contributed by atoms with Crippen LogP contribution in [0.15, 0.2) is 42.9 Å². The third kappa shape index (κ3) is 3.51. The van der Waals surface area contributed by atoms with Crippen LogP contribution in [0.25, 0.3) is 0 Å². The molecular weight excluding hydrogens is 260 g/mol. The van der Waals surface area contributed by atoms with Crippen LogP contribution in [0.3, 0.4) is 0 Å². The van der Waals surface area contributed by atoms with Crippen molar-refractivity contribution in [3.8, 4) is 0 Å². The first-order chi connectivity index (χ1) is 10.3. The van der Waals surface area contributed by atoms with Crippen molar-refractivity contribution in [2.45, 2.75) is 32.2 Å². The molecule has 4 heteroatoms. The fraction of sp³-hybridized carbons (Fsp3) is 0.412. The molecule has 4 nitrogen and oxygen atoms in total. The summed E-state index contributed by atoms with van der Waals surface area (Å²) in [4.78, 5) is 11.0. The molecule has 2 aromatic rings. The quantitative estimate of drug-likeness (QED) is 0.929. The van der Waals surface area contributed by atoms with Crippen molar-refractivity contribution in [1.29, 1.82) is 0 Å². The van der Waals surface area contributed by atoms with Crippen LogP contribution in [0.4, 0.5) is 11.5 Å². The molecule has 0 bridgehead atoms. The maximum atomic E-state index is 4.60. The van der Waals surface area contributed by atoms with Gasteiger partial charge in [0.1, 0.15) is 5.82 Å². The summed E-state index contributed by atoms with van der Waals surface area (Å²) in [6.07, 6.45) is 9.49. The van der Waals surface area contributed by atoms with E-state index >= 15 is 0 Å². The van der Waals surface area contributed by atoms with Gasteiger partial charge in [-0.1, -0.05) is 0 Å². The van der Waals surface area contributed by atoms with Gasteiger partial charge in [-0.15, -0.1) is 0 Å². The molecule has 1 unspecified atom stereocenters. The van der Waals surface area contributed by atoms with Gasteiger partial charge in [-0.2, -0.15) is 0 Å². The highest BCUT2D eigenvalue weighted by Crippen LogP contribution is 2.21. The average molecular weight is 282 g/mol. The first-order valence-corrected chi connectivity index (χ1v) is 7.70. The van der Waals surface area contributed by atoms with Crippen molar-refractivity contribution in [3.63, 3.8) is 0 Å². The van der Waals surface area contributed by atoms with Gasteiger partial charge >= 0.3 is 0 Å². The number of pyridine rings is 2. The highest BCUT2D eigenvalue weighted by Gasteiger charge is 2.12. The highest BCUT2D eigenvalue weighted by molar-refractivity contribution is 5.49. The number of nitrogens with one attached hydrogen (secondary N) is 1. The van der Waals surface area contributed by atoms with Gasteiger partial charge in [0.25, 0.3) is 0 Å². The molecule has 1 atom stereocenters. The topological polar surface area (TPSA) is 41.0 Å². The van der Waals surface area contributed by atoms with Gasteiger partial charge in [0.05, 0.1) is 11.9 Å². The SMILES string of the molecule is CC(Nc1ccc(N2CCCCC2)nc1)c1ccncc1. The van der Waals surface area contributed by atoms with Gasteiger partial charge in [0, 0.05) is 31.5 Å². The van der Waals surface area contributed by atoms with Gasteiger partial charge < -0.3 is 10.2 Å². The third-order valence-electron chi connectivity index (χ3n) is 4.02. The molecule has 3 heterocycles. The molecule has 1 aliphatic heterocycles. The van der Waals surface area contributed by atoms with Crippen LogP contribution in [0.1, 0.15) is 37.8 Å². The molecule has 1 saturated heterocycles. The van der Waals surface area contributed by atoms with E-state index in [9.17, 15) is 0 Å². The Morgan fingerprint density at radius 3 is 2.48 bits per heavy atom. The number of aromatic nitrogens is 2. The van der Waals surface area contributed by atoms with E-state index in [0.717, 1.165) is 24.6 Å². The summed E-state index contributed by atoms with van der Waals surface area (Å²) in [5.41, 5.74) is 2.28. The van der Waals surface area contributed by atoms with E-state index in [0.29, 0.717) is 0 Å². The normalized spacial score (nSPS) is 16.5. The number of rotatable bonds is 4. The molecule has 1 aliphatic rings. The summed E-state index contributed by atoms with van der Waals surface area (Å²) >= 11 is 0. The first-order valence-electron chi connectivity index (χ1n) is 7.70. The Labute approximate surface area is 126 Å². The molecule has 0 amide bonds. The van der Waals surface area contributed by atoms with Crippen molar-refractivity contribution in [1.82, 2.24) is 9.97 Å². The Kier molecular flexibility index (Phi) is 4.34. The molecule has 1 fully saturated rings. The zero-order valence-corrected chi connectivity index (χ0v) is 12.5. The summed E-state index contributed by atoms with van der Waals surface area (Å²) in [5.74, 6) is 1.09. The monoisotopic (exact) mass is 282 g/mol.